The van der Waals surface area contributed by atoms with E-state index in [1.54, 1.807) is 4.90 Å². The van der Waals surface area contributed by atoms with E-state index < -0.39 is 76.9 Å². The quantitative estimate of drug-likeness (QED) is 0.164. The summed E-state index contributed by atoms with van der Waals surface area (Å²) in [7, 11) is 0. The summed E-state index contributed by atoms with van der Waals surface area (Å²) in [5.74, 6) is -2.27. The highest BCUT2D eigenvalue weighted by Gasteiger charge is 2.50. The Kier molecular flexibility index (Phi) is 14.2. The van der Waals surface area contributed by atoms with Crippen LogP contribution in [0.5, 0.6) is 0 Å². The van der Waals surface area contributed by atoms with Crippen LogP contribution in [0.2, 0.25) is 0 Å². The van der Waals surface area contributed by atoms with Gasteiger partial charge < -0.3 is 40.9 Å². The number of carbonyl (C=O) groups is 6. The van der Waals surface area contributed by atoms with Crippen LogP contribution < -0.4 is 21.3 Å². The van der Waals surface area contributed by atoms with Gasteiger partial charge >= 0.3 is 12.1 Å². The lowest BCUT2D eigenvalue weighted by Gasteiger charge is -2.45. The van der Waals surface area contributed by atoms with Gasteiger partial charge in [0, 0.05) is 44.7 Å². The molecule has 0 bridgehead atoms. The molecule has 0 radical (unpaired) electrons. The zero-order valence-electron chi connectivity index (χ0n) is 38.5. The van der Waals surface area contributed by atoms with Crippen LogP contribution in [0.25, 0.3) is 0 Å². The lowest BCUT2D eigenvalue weighted by molar-refractivity contribution is -0.144. The SMILES string of the molecule is CC1(C)CCN(C[C@@H](NC(=O)N[C@H](C(=O)N2C[C@H](OC(=O)N3CCc4ccccc4C3)C[C@H]2C(=O)NC(CC2CC2)C(=O)C(=O)NC2CC2)C2(C)CCCCC2)C(C)(C)C)C(O)C1. The molecule has 6 aliphatic rings. The molecular weight excluding hydrogens is 803 g/mol. The van der Waals surface area contributed by atoms with E-state index in [-0.39, 0.29) is 36.4 Å². The first-order chi connectivity index (χ1) is 29.8. The second kappa shape index (κ2) is 19.1. The Morgan fingerprint density at radius 2 is 1.59 bits per heavy atom. The molecular formula is C48H73N7O8. The van der Waals surface area contributed by atoms with Crippen LogP contribution in [-0.4, -0.2) is 124 Å². The molecule has 0 spiro atoms. The van der Waals surface area contributed by atoms with Gasteiger partial charge in [0.15, 0.2) is 0 Å². The van der Waals surface area contributed by atoms with Crippen LogP contribution in [0.15, 0.2) is 24.3 Å². The first-order valence-electron chi connectivity index (χ1n) is 23.8. The van der Waals surface area contributed by atoms with E-state index >= 15 is 4.79 Å². The number of hydrogen-bond acceptors (Lipinski definition) is 9. The summed E-state index contributed by atoms with van der Waals surface area (Å²) >= 11 is 0. The van der Waals surface area contributed by atoms with Gasteiger partial charge in [-0.3, -0.25) is 24.1 Å². The molecule has 1 aromatic rings. The number of fused-ring (bicyclic) bond motifs is 1. The van der Waals surface area contributed by atoms with Gasteiger partial charge in [-0.25, -0.2) is 9.59 Å². The van der Waals surface area contributed by atoms with Crippen molar-refractivity contribution in [2.75, 3.05) is 26.2 Å². The monoisotopic (exact) mass is 876 g/mol. The fraction of sp³-hybridized carbons (Fsp3) is 0.750. The summed E-state index contributed by atoms with van der Waals surface area (Å²) in [4.78, 5) is 89.6. The van der Waals surface area contributed by atoms with Crippen LogP contribution in [0, 0.1) is 22.2 Å². The minimum atomic E-state index is -1.13. The van der Waals surface area contributed by atoms with Gasteiger partial charge in [-0.1, -0.05) is 97.9 Å². The molecule has 0 aromatic heterocycles. The number of piperidine rings is 1. The number of ether oxygens (including phenoxy) is 1. The molecule has 15 heteroatoms. The molecule has 1 aromatic carbocycles. The third kappa shape index (κ3) is 11.9. The number of carbonyl (C=O) groups excluding carboxylic acids is 6. The normalized spacial score (nSPS) is 26.0. The van der Waals surface area contributed by atoms with Crippen LogP contribution in [0.4, 0.5) is 9.59 Å². The maximum Gasteiger partial charge on any atom is 0.410 e. The highest BCUT2D eigenvalue weighted by atomic mass is 16.6. The van der Waals surface area contributed by atoms with E-state index in [0.29, 0.717) is 58.3 Å². The third-order valence-corrected chi connectivity index (χ3v) is 14.8. The van der Waals surface area contributed by atoms with Crippen molar-refractivity contribution < 1.29 is 38.6 Å². The molecule has 5 fully saturated rings. The number of rotatable bonds is 14. The van der Waals surface area contributed by atoms with Crippen molar-refractivity contribution >= 4 is 35.6 Å². The number of ketones is 1. The van der Waals surface area contributed by atoms with Crippen LogP contribution >= 0.6 is 0 Å². The van der Waals surface area contributed by atoms with Gasteiger partial charge in [-0.05, 0) is 84.7 Å². The fourth-order valence-electron chi connectivity index (χ4n) is 10.1. The molecule has 5 N–H and O–H groups in total. The summed E-state index contributed by atoms with van der Waals surface area (Å²) in [6.45, 7) is 14.3. The fourth-order valence-corrected chi connectivity index (χ4v) is 10.1. The Bertz CT molecular complexity index is 1870. The number of nitrogens with zero attached hydrogens (tertiary/aromatic N) is 3. The summed E-state index contributed by atoms with van der Waals surface area (Å²) in [5.41, 5.74) is 1.18. The van der Waals surface area contributed by atoms with Gasteiger partial charge in [0.05, 0.1) is 12.6 Å². The lowest BCUT2D eigenvalue weighted by Crippen LogP contribution is -2.63. The molecule has 2 unspecified atom stereocenters. The number of amides is 6. The maximum atomic E-state index is 15.3. The molecule has 348 valence electrons. The molecule has 7 rings (SSSR count). The molecule has 3 aliphatic carbocycles. The van der Waals surface area contributed by atoms with Crippen molar-refractivity contribution in [1.29, 1.82) is 0 Å². The Labute approximate surface area is 373 Å². The van der Waals surface area contributed by atoms with E-state index in [1.807, 2.05) is 50.8 Å². The second-order valence-electron chi connectivity index (χ2n) is 21.8. The van der Waals surface area contributed by atoms with Crippen molar-refractivity contribution in [2.45, 2.75) is 181 Å². The zero-order chi connectivity index (χ0) is 45.3. The van der Waals surface area contributed by atoms with Crippen LogP contribution in [0.1, 0.15) is 136 Å². The number of nitrogens with one attached hydrogen (secondary N) is 4. The molecule has 15 nitrogen and oxygen atoms in total. The Morgan fingerprint density at radius 3 is 2.24 bits per heavy atom. The zero-order valence-corrected chi connectivity index (χ0v) is 38.5. The van der Waals surface area contributed by atoms with Gasteiger partial charge in [-0.2, -0.15) is 0 Å². The van der Waals surface area contributed by atoms with E-state index in [1.165, 1.54) is 10.5 Å². The topological polar surface area (TPSA) is 190 Å². The Balaban J connectivity index is 1.12. The molecule has 6 atom stereocenters. The average Bonchev–Trinajstić information content (AvgIpc) is 4.18. The summed E-state index contributed by atoms with van der Waals surface area (Å²) in [6, 6.07) is 3.81. The highest BCUT2D eigenvalue weighted by Crippen LogP contribution is 2.41. The molecule has 63 heavy (non-hydrogen) atoms. The summed E-state index contributed by atoms with van der Waals surface area (Å²) in [5, 5.41) is 23.0. The van der Waals surface area contributed by atoms with Gasteiger partial charge in [0.1, 0.15) is 24.4 Å². The third-order valence-electron chi connectivity index (χ3n) is 14.8. The van der Waals surface area contributed by atoms with E-state index in [0.717, 1.165) is 56.9 Å². The van der Waals surface area contributed by atoms with Crippen molar-refractivity contribution in [3.05, 3.63) is 35.4 Å². The van der Waals surface area contributed by atoms with Gasteiger partial charge in [0.25, 0.3) is 5.91 Å². The number of aliphatic hydroxyl groups excluding tert-OH is 1. The largest absolute Gasteiger partial charge is 0.444 e. The van der Waals surface area contributed by atoms with Crippen molar-refractivity contribution in [1.82, 2.24) is 36.0 Å². The first kappa shape index (κ1) is 46.7. The van der Waals surface area contributed by atoms with Gasteiger partial charge in [0.2, 0.25) is 17.6 Å². The predicted octanol–water partition coefficient (Wildman–Crippen LogP) is 4.78. The molecule has 2 saturated heterocycles. The Hall–Kier alpha value is -4.24. The first-order valence-corrected chi connectivity index (χ1v) is 23.8. The summed E-state index contributed by atoms with van der Waals surface area (Å²) < 4.78 is 6.12. The van der Waals surface area contributed by atoms with Crippen molar-refractivity contribution in [3.63, 3.8) is 0 Å². The van der Waals surface area contributed by atoms with E-state index in [2.05, 4.69) is 41.2 Å². The van der Waals surface area contributed by atoms with Crippen molar-refractivity contribution in [2.24, 2.45) is 22.2 Å². The number of likely N-dealkylation sites (tertiary alicyclic amines) is 2. The predicted molar refractivity (Wildman–Crippen MR) is 237 cm³/mol. The van der Waals surface area contributed by atoms with Crippen LogP contribution in [0.3, 0.4) is 0 Å². The maximum absolute atomic E-state index is 15.3. The standard InChI is InChI=1S/C48H73N7O8/c1-46(2,3)37(29-53-23-21-47(4,5)26-38(53)56)51-44(61)52-40(48(6)19-10-7-11-20-48)43(60)55-28-34(63-45(62)54-22-18-31-12-8-9-13-32(31)27-54)25-36(55)41(58)50-35(24-30-14-15-30)39(57)42(59)49-33-16-17-33/h8-9,12-13,30,33-38,40,56H,7,10-11,14-29H2,1-6H3,(H,49,59)(H,50,58)(H2,51,52,61)/t34-,35?,36+,37-,38?,40-/m1/s1. The number of Topliss-reactive ketones (excluding diaryl/α,β-unsaturated/α-hetero) is 1. The van der Waals surface area contributed by atoms with E-state index in [4.69, 9.17) is 4.74 Å². The number of aliphatic hydroxyl groups is 1. The van der Waals surface area contributed by atoms with E-state index in [9.17, 15) is 29.1 Å². The highest BCUT2D eigenvalue weighted by molar-refractivity contribution is 6.38. The molecule has 3 aliphatic heterocycles. The lowest BCUT2D eigenvalue weighted by atomic mass is 9.70. The minimum Gasteiger partial charge on any atom is -0.444 e. The summed E-state index contributed by atoms with van der Waals surface area (Å²) in [6.07, 6.45) is 8.02. The smallest absolute Gasteiger partial charge is 0.410 e. The Morgan fingerprint density at radius 1 is 0.889 bits per heavy atom. The number of benzene rings is 1. The molecule has 3 saturated carbocycles. The molecule has 3 heterocycles. The number of urea groups is 1. The average molecular weight is 876 g/mol. The second-order valence-corrected chi connectivity index (χ2v) is 21.8. The number of hydrogen-bond donors (Lipinski definition) is 5. The van der Waals surface area contributed by atoms with Gasteiger partial charge in [-0.15, -0.1) is 0 Å². The minimum absolute atomic E-state index is 0.0109. The van der Waals surface area contributed by atoms with Crippen LogP contribution in [-0.2, 0) is 36.9 Å². The van der Waals surface area contributed by atoms with Crippen molar-refractivity contribution in [3.8, 4) is 0 Å². The molecule has 6 amide bonds.